The molecule has 0 aliphatic rings. The van der Waals surface area contributed by atoms with E-state index in [1.807, 2.05) is 19.1 Å². The van der Waals surface area contributed by atoms with Crippen molar-refractivity contribution < 1.29 is 23.9 Å². The standard InChI is InChI=1S/C21H23FN2O4/c1-13-5-3-4-6-16(13)12-19(21(27)28)24-20(26)18(23-14(2)25)11-15-7-9-17(22)10-8-15/h3-10,18-19H,11-12H2,1-2H3,(H,23,25)(H,24,26)(H,27,28)/t18-,19+/m1/s1. The summed E-state index contributed by atoms with van der Waals surface area (Å²) in [6.07, 6.45) is 0.236. The fraction of sp³-hybridized carbons (Fsp3) is 0.286. The summed E-state index contributed by atoms with van der Waals surface area (Å²) in [5.41, 5.74) is 2.37. The molecule has 0 aromatic heterocycles. The molecule has 148 valence electrons. The van der Waals surface area contributed by atoms with Gasteiger partial charge in [0.1, 0.15) is 17.9 Å². The van der Waals surface area contributed by atoms with Gasteiger partial charge in [0, 0.05) is 19.8 Å². The summed E-state index contributed by atoms with van der Waals surface area (Å²) in [5.74, 6) is -2.61. The van der Waals surface area contributed by atoms with E-state index in [1.165, 1.54) is 31.2 Å². The molecule has 0 unspecified atom stereocenters. The predicted molar refractivity (Wildman–Crippen MR) is 102 cm³/mol. The third kappa shape index (κ3) is 6.19. The van der Waals surface area contributed by atoms with Gasteiger partial charge in [0.25, 0.3) is 0 Å². The van der Waals surface area contributed by atoms with Gasteiger partial charge >= 0.3 is 5.97 Å². The minimum Gasteiger partial charge on any atom is -0.480 e. The molecule has 0 spiro atoms. The van der Waals surface area contributed by atoms with Crippen LogP contribution in [0.3, 0.4) is 0 Å². The number of nitrogens with one attached hydrogen (secondary N) is 2. The van der Waals surface area contributed by atoms with Crippen LogP contribution in [0, 0.1) is 12.7 Å². The number of carboxylic acid groups (broad SMARTS) is 1. The van der Waals surface area contributed by atoms with Crippen LogP contribution in [0.5, 0.6) is 0 Å². The summed E-state index contributed by atoms with van der Waals surface area (Å²) in [7, 11) is 0. The van der Waals surface area contributed by atoms with Crippen molar-refractivity contribution in [3.63, 3.8) is 0 Å². The van der Waals surface area contributed by atoms with Crippen LogP contribution in [-0.2, 0) is 27.2 Å². The number of hydrogen-bond donors (Lipinski definition) is 3. The highest BCUT2D eigenvalue weighted by atomic mass is 19.1. The minimum atomic E-state index is -1.17. The summed E-state index contributed by atoms with van der Waals surface area (Å²) >= 11 is 0. The van der Waals surface area contributed by atoms with Gasteiger partial charge in [0.15, 0.2) is 0 Å². The van der Waals surface area contributed by atoms with Crippen molar-refractivity contribution in [3.8, 4) is 0 Å². The second-order valence-corrected chi connectivity index (χ2v) is 6.61. The molecule has 0 bridgehead atoms. The monoisotopic (exact) mass is 386 g/mol. The Morgan fingerprint density at radius 2 is 1.61 bits per heavy atom. The van der Waals surface area contributed by atoms with E-state index in [4.69, 9.17) is 0 Å². The predicted octanol–water partition coefficient (Wildman–Crippen LogP) is 1.99. The Balaban J connectivity index is 2.14. The largest absolute Gasteiger partial charge is 0.480 e. The number of hydrogen-bond acceptors (Lipinski definition) is 3. The third-order valence-electron chi connectivity index (χ3n) is 4.35. The third-order valence-corrected chi connectivity index (χ3v) is 4.35. The Hall–Kier alpha value is -3.22. The molecule has 0 fully saturated rings. The number of benzene rings is 2. The second-order valence-electron chi connectivity index (χ2n) is 6.61. The molecule has 0 saturated heterocycles. The van der Waals surface area contributed by atoms with Crippen molar-refractivity contribution in [1.29, 1.82) is 0 Å². The molecule has 0 aliphatic carbocycles. The van der Waals surface area contributed by atoms with Crippen molar-refractivity contribution in [2.45, 2.75) is 38.8 Å². The average molecular weight is 386 g/mol. The fourth-order valence-corrected chi connectivity index (χ4v) is 2.84. The molecule has 2 atom stereocenters. The minimum absolute atomic E-state index is 0.113. The SMILES string of the molecule is CC(=O)N[C@H](Cc1ccc(F)cc1)C(=O)N[C@@H](Cc1ccccc1C)C(=O)O. The number of aryl methyl sites for hydroxylation is 1. The zero-order valence-corrected chi connectivity index (χ0v) is 15.7. The van der Waals surface area contributed by atoms with E-state index in [2.05, 4.69) is 10.6 Å². The molecule has 2 aromatic rings. The number of rotatable bonds is 8. The van der Waals surface area contributed by atoms with Crippen LogP contribution in [0.2, 0.25) is 0 Å². The van der Waals surface area contributed by atoms with Crippen LogP contribution in [-0.4, -0.2) is 35.0 Å². The van der Waals surface area contributed by atoms with Crippen LogP contribution in [0.4, 0.5) is 4.39 Å². The van der Waals surface area contributed by atoms with Crippen molar-refractivity contribution in [2.24, 2.45) is 0 Å². The topological polar surface area (TPSA) is 95.5 Å². The van der Waals surface area contributed by atoms with Crippen molar-refractivity contribution >= 4 is 17.8 Å². The first kappa shape index (κ1) is 21.1. The average Bonchev–Trinajstić information content (AvgIpc) is 2.63. The first-order valence-electron chi connectivity index (χ1n) is 8.85. The molecule has 7 heteroatoms. The Kier molecular flexibility index (Phi) is 7.26. The van der Waals surface area contributed by atoms with Crippen molar-refractivity contribution in [1.82, 2.24) is 10.6 Å². The number of carboxylic acids is 1. The Labute approximate surface area is 162 Å². The van der Waals surface area contributed by atoms with E-state index in [-0.39, 0.29) is 12.8 Å². The van der Waals surface area contributed by atoms with Gasteiger partial charge in [-0.15, -0.1) is 0 Å². The Bertz CT molecular complexity index is 852. The second kappa shape index (κ2) is 9.64. The number of carbonyl (C=O) groups is 3. The number of carbonyl (C=O) groups excluding carboxylic acids is 2. The van der Waals surface area contributed by atoms with Gasteiger partial charge in [-0.3, -0.25) is 9.59 Å². The molecule has 3 N–H and O–H groups in total. The van der Waals surface area contributed by atoms with Crippen LogP contribution in [0.1, 0.15) is 23.6 Å². The van der Waals surface area contributed by atoms with Gasteiger partial charge in [0.05, 0.1) is 0 Å². The Morgan fingerprint density at radius 3 is 2.18 bits per heavy atom. The molecule has 0 heterocycles. The van der Waals surface area contributed by atoms with E-state index >= 15 is 0 Å². The summed E-state index contributed by atoms with van der Waals surface area (Å²) in [6.45, 7) is 3.14. The molecule has 0 aliphatic heterocycles. The van der Waals surface area contributed by atoms with E-state index in [9.17, 15) is 23.9 Å². The van der Waals surface area contributed by atoms with Crippen LogP contribution in [0.25, 0.3) is 0 Å². The lowest BCUT2D eigenvalue weighted by atomic mass is 10.00. The van der Waals surface area contributed by atoms with Gasteiger partial charge in [-0.2, -0.15) is 0 Å². The quantitative estimate of drug-likeness (QED) is 0.647. The summed E-state index contributed by atoms with van der Waals surface area (Å²) in [5, 5.41) is 14.5. The maximum atomic E-state index is 13.1. The summed E-state index contributed by atoms with van der Waals surface area (Å²) in [6, 6.07) is 10.8. The van der Waals surface area contributed by atoms with Crippen LogP contribution in [0.15, 0.2) is 48.5 Å². The number of halogens is 1. The van der Waals surface area contributed by atoms with Gasteiger partial charge in [0.2, 0.25) is 11.8 Å². The van der Waals surface area contributed by atoms with E-state index in [0.29, 0.717) is 5.56 Å². The maximum absolute atomic E-state index is 13.1. The van der Waals surface area contributed by atoms with E-state index < -0.39 is 35.7 Å². The normalized spacial score (nSPS) is 12.7. The first-order chi connectivity index (χ1) is 13.3. The highest BCUT2D eigenvalue weighted by Gasteiger charge is 2.26. The molecule has 6 nitrogen and oxygen atoms in total. The van der Waals surface area contributed by atoms with Gasteiger partial charge < -0.3 is 15.7 Å². The molecule has 28 heavy (non-hydrogen) atoms. The summed E-state index contributed by atoms with van der Waals surface area (Å²) < 4.78 is 13.1. The Morgan fingerprint density at radius 1 is 0.964 bits per heavy atom. The molecule has 0 saturated carbocycles. The van der Waals surface area contributed by atoms with Crippen LogP contribution >= 0.6 is 0 Å². The lowest BCUT2D eigenvalue weighted by Crippen LogP contribution is -2.52. The van der Waals surface area contributed by atoms with Gasteiger partial charge in [-0.05, 0) is 35.7 Å². The van der Waals surface area contributed by atoms with E-state index in [1.54, 1.807) is 12.1 Å². The summed E-state index contributed by atoms with van der Waals surface area (Å²) in [4.78, 5) is 35.8. The zero-order valence-electron chi connectivity index (χ0n) is 15.7. The zero-order chi connectivity index (χ0) is 20.7. The maximum Gasteiger partial charge on any atom is 0.326 e. The molecule has 0 radical (unpaired) electrons. The van der Waals surface area contributed by atoms with Crippen LogP contribution < -0.4 is 10.6 Å². The fourth-order valence-electron chi connectivity index (χ4n) is 2.84. The van der Waals surface area contributed by atoms with Gasteiger partial charge in [-0.25, -0.2) is 9.18 Å². The lowest BCUT2D eigenvalue weighted by molar-refractivity contribution is -0.142. The molecular weight excluding hydrogens is 363 g/mol. The molecular formula is C21H23FN2O4. The van der Waals surface area contributed by atoms with Gasteiger partial charge in [-0.1, -0.05) is 36.4 Å². The first-order valence-corrected chi connectivity index (χ1v) is 8.85. The highest BCUT2D eigenvalue weighted by molar-refractivity contribution is 5.90. The van der Waals surface area contributed by atoms with Crippen molar-refractivity contribution in [3.05, 3.63) is 71.0 Å². The highest BCUT2D eigenvalue weighted by Crippen LogP contribution is 2.11. The number of amides is 2. The molecule has 2 aromatic carbocycles. The molecule has 2 amide bonds. The van der Waals surface area contributed by atoms with E-state index in [0.717, 1.165) is 11.1 Å². The van der Waals surface area contributed by atoms with Crippen molar-refractivity contribution in [2.75, 3.05) is 0 Å². The lowest BCUT2D eigenvalue weighted by Gasteiger charge is -2.21. The number of aliphatic carboxylic acids is 1. The molecule has 2 rings (SSSR count). The smallest absolute Gasteiger partial charge is 0.326 e.